The molecule has 1 aliphatic heterocycles. The van der Waals surface area contributed by atoms with Gasteiger partial charge in [0, 0.05) is 26.0 Å². The molecule has 0 radical (unpaired) electrons. The second-order valence-corrected chi connectivity index (χ2v) is 5.73. The van der Waals surface area contributed by atoms with Gasteiger partial charge in [-0.05, 0) is 6.07 Å². The normalized spacial score (nSPS) is 14.3. The van der Waals surface area contributed by atoms with Crippen molar-refractivity contribution in [3.63, 3.8) is 0 Å². The zero-order valence-electron chi connectivity index (χ0n) is 15.0. The largest absolute Gasteiger partial charge is 0.465 e. The predicted molar refractivity (Wildman–Crippen MR) is 88.8 cm³/mol. The summed E-state index contributed by atoms with van der Waals surface area (Å²) in [7, 11) is 1.15. The number of nitrogens with one attached hydrogen (secondary N) is 1. The number of rotatable bonds is 5. The molecule has 2 rings (SSSR count). The van der Waals surface area contributed by atoms with Crippen molar-refractivity contribution in [1.82, 2.24) is 10.2 Å². The van der Waals surface area contributed by atoms with Crippen molar-refractivity contribution in [2.45, 2.75) is 20.4 Å². The first-order valence-electron chi connectivity index (χ1n) is 7.87. The third-order valence-corrected chi connectivity index (χ3v) is 3.50. The topological polar surface area (TPSA) is 128 Å². The van der Waals surface area contributed by atoms with Gasteiger partial charge in [0.05, 0.1) is 20.2 Å². The zero-order chi connectivity index (χ0) is 20.1. The van der Waals surface area contributed by atoms with Crippen LogP contribution in [-0.4, -0.2) is 54.8 Å². The summed E-state index contributed by atoms with van der Waals surface area (Å²) in [6, 6.07) is 2.81. The fourth-order valence-electron chi connectivity index (χ4n) is 2.55. The smallest absolute Gasteiger partial charge is 0.341 e. The number of benzene rings is 1. The molecule has 1 heterocycles. The number of ether oxygens (including phenoxy) is 3. The van der Waals surface area contributed by atoms with Crippen molar-refractivity contribution in [3.05, 3.63) is 23.3 Å². The molecule has 10 heteroatoms. The standard InChI is InChI=1S/C17H18N2O8/c1-9(20)26-15-11(6-19-7-13(22)18-14(23)8-19)4-5-12(17(24)25-3)16(15)27-10(2)21/h4-5H,6-8H2,1-3H3,(H,18,22,23). The van der Waals surface area contributed by atoms with Crippen molar-refractivity contribution >= 4 is 29.7 Å². The van der Waals surface area contributed by atoms with Crippen LogP contribution in [0.3, 0.4) is 0 Å². The van der Waals surface area contributed by atoms with Crippen LogP contribution in [0.4, 0.5) is 0 Å². The summed E-state index contributed by atoms with van der Waals surface area (Å²) in [6.45, 7) is 2.21. The fraction of sp³-hybridized carbons (Fsp3) is 0.353. The van der Waals surface area contributed by atoms with E-state index in [0.717, 1.165) is 21.0 Å². The molecule has 1 saturated heterocycles. The number of piperazine rings is 1. The number of esters is 3. The summed E-state index contributed by atoms with van der Waals surface area (Å²) in [5.41, 5.74) is 0.233. The number of hydrogen-bond donors (Lipinski definition) is 1. The van der Waals surface area contributed by atoms with Gasteiger partial charge in [0.25, 0.3) is 0 Å². The van der Waals surface area contributed by atoms with E-state index in [4.69, 9.17) is 9.47 Å². The molecule has 1 fully saturated rings. The number of imide groups is 1. The minimum atomic E-state index is -0.793. The van der Waals surface area contributed by atoms with Gasteiger partial charge in [-0.3, -0.25) is 29.4 Å². The number of hydrogen-bond acceptors (Lipinski definition) is 9. The molecule has 0 aliphatic carbocycles. The van der Waals surface area contributed by atoms with E-state index < -0.39 is 29.7 Å². The van der Waals surface area contributed by atoms with Gasteiger partial charge in [-0.15, -0.1) is 0 Å². The predicted octanol–water partition coefficient (Wildman–Crippen LogP) is -0.218. The second kappa shape index (κ2) is 8.41. The fourth-order valence-corrected chi connectivity index (χ4v) is 2.55. The van der Waals surface area contributed by atoms with Crippen LogP contribution in [0, 0.1) is 0 Å². The summed E-state index contributed by atoms with van der Waals surface area (Å²) in [4.78, 5) is 59.6. The molecule has 0 saturated carbocycles. The third-order valence-electron chi connectivity index (χ3n) is 3.50. The van der Waals surface area contributed by atoms with Gasteiger partial charge in [0.15, 0.2) is 11.5 Å². The van der Waals surface area contributed by atoms with Crippen LogP contribution >= 0.6 is 0 Å². The van der Waals surface area contributed by atoms with Crippen LogP contribution in [-0.2, 0) is 30.5 Å². The van der Waals surface area contributed by atoms with Crippen LogP contribution < -0.4 is 14.8 Å². The van der Waals surface area contributed by atoms with Gasteiger partial charge in [0.1, 0.15) is 5.56 Å². The first kappa shape index (κ1) is 20.0. The Balaban J connectivity index is 2.50. The number of carbonyl (C=O) groups is 5. The SMILES string of the molecule is COC(=O)c1ccc(CN2CC(=O)NC(=O)C2)c(OC(C)=O)c1OC(C)=O. The molecule has 10 nitrogen and oxygen atoms in total. The van der Waals surface area contributed by atoms with Crippen LogP contribution in [0.1, 0.15) is 29.8 Å². The van der Waals surface area contributed by atoms with Crippen LogP contribution in [0.5, 0.6) is 11.5 Å². The maximum atomic E-state index is 12.0. The van der Waals surface area contributed by atoms with E-state index in [-0.39, 0.29) is 36.7 Å². The minimum Gasteiger partial charge on any atom is -0.465 e. The molecule has 1 aromatic rings. The van der Waals surface area contributed by atoms with E-state index in [1.807, 2.05) is 0 Å². The molecule has 0 spiro atoms. The Morgan fingerprint density at radius 3 is 2.07 bits per heavy atom. The van der Waals surface area contributed by atoms with Gasteiger partial charge in [-0.25, -0.2) is 4.79 Å². The van der Waals surface area contributed by atoms with Crippen LogP contribution in [0.2, 0.25) is 0 Å². The highest BCUT2D eigenvalue weighted by atomic mass is 16.6. The maximum absolute atomic E-state index is 12.0. The molecule has 0 aromatic heterocycles. The van der Waals surface area contributed by atoms with Gasteiger partial charge >= 0.3 is 17.9 Å². The quantitative estimate of drug-likeness (QED) is 0.420. The Kier molecular flexibility index (Phi) is 6.24. The first-order valence-corrected chi connectivity index (χ1v) is 7.87. The lowest BCUT2D eigenvalue weighted by Crippen LogP contribution is -2.50. The van der Waals surface area contributed by atoms with E-state index in [9.17, 15) is 24.0 Å². The highest BCUT2D eigenvalue weighted by molar-refractivity contribution is 5.99. The second-order valence-electron chi connectivity index (χ2n) is 5.73. The number of amides is 2. The van der Waals surface area contributed by atoms with E-state index in [0.29, 0.717) is 5.56 Å². The van der Waals surface area contributed by atoms with Crippen molar-refractivity contribution in [2.24, 2.45) is 0 Å². The van der Waals surface area contributed by atoms with E-state index in [1.165, 1.54) is 17.0 Å². The molecule has 1 N–H and O–H groups in total. The average molecular weight is 378 g/mol. The highest BCUT2D eigenvalue weighted by Gasteiger charge is 2.28. The number of methoxy groups -OCH3 is 1. The molecule has 27 heavy (non-hydrogen) atoms. The van der Waals surface area contributed by atoms with Crippen molar-refractivity contribution in [1.29, 1.82) is 0 Å². The molecular formula is C17H18N2O8. The summed E-state index contributed by atoms with van der Waals surface area (Å²) in [5.74, 6) is -3.59. The van der Waals surface area contributed by atoms with Gasteiger partial charge in [-0.1, -0.05) is 6.07 Å². The minimum absolute atomic E-state index is 0.0392. The van der Waals surface area contributed by atoms with Crippen LogP contribution in [0.25, 0.3) is 0 Å². The monoisotopic (exact) mass is 378 g/mol. The summed E-state index contributed by atoms with van der Waals surface area (Å²) >= 11 is 0. The van der Waals surface area contributed by atoms with Gasteiger partial charge < -0.3 is 14.2 Å². The highest BCUT2D eigenvalue weighted by Crippen LogP contribution is 2.37. The van der Waals surface area contributed by atoms with E-state index >= 15 is 0 Å². The zero-order valence-corrected chi connectivity index (χ0v) is 15.0. The Morgan fingerprint density at radius 1 is 1.00 bits per heavy atom. The average Bonchev–Trinajstić information content (AvgIpc) is 2.55. The molecule has 2 amide bonds. The third kappa shape index (κ3) is 5.11. The Bertz CT molecular complexity index is 801. The van der Waals surface area contributed by atoms with Crippen LogP contribution in [0.15, 0.2) is 12.1 Å². The van der Waals surface area contributed by atoms with Crippen molar-refractivity contribution in [3.8, 4) is 11.5 Å². The summed E-state index contributed by atoms with van der Waals surface area (Å²) < 4.78 is 14.9. The Hall–Kier alpha value is -3.27. The van der Waals surface area contributed by atoms with Gasteiger partial charge in [0.2, 0.25) is 11.8 Å². The maximum Gasteiger partial charge on any atom is 0.341 e. The molecule has 144 valence electrons. The summed E-state index contributed by atoms with van der Waals surface area (Å²) in [6.07, 6.45) is 0. The molecule has 0 unspecified atom stereocenters. The number of nitrogens with zero attached hydrogens (tertiary/aromatic N) is 1. The lowest BCUT2D eigenvalue weighted by atomic mass is 10.1. The summed E-state index contributed by atoms with van der Waals surface area (Å²) in [5, 5.41) is 2.18. The lowest BCUT2D eigenvalue weighted by molar-refractivity contribution is -0.136. The lowest BCUT2D eigenvalue weighted by Gasteiger charge is -2.26. The van der Waals surface area contributed by atoms with E-state index in [1.54, 1.807) is 0 Å². The Labute approximate surface area is 154 Å². The first-order chi connectivity index (χ1) is 12.7. The Morgan fingerprint density at radius 2 is 1.56 bits per heavy atom. The van der Waals surface area contributed by atoms with E-state index in [2.05, 4.69) is 10.1 Å². The molecule has 1 aromatic carbocycles. The van der Waals surface area contributed by atoms with Gasteiger partial charge in [-0.2, -0.15) is 0 Å². The van der Waals surface area contributed by atoms with Crippen molar-refractivity contribution < 1.29 is 38.2 Å². The van der Waals surface area contributed by atoms with Crippen molar-refractivity contribution in [2.75, 3.05) is 20.2 Å². The molecule has 0 atom stereocenters. The molecule has 0 bridgehead atoms. The number of carbonyl (C=O) groups excluding carboxylic acids is 5. The molecular weight excluding hydrogens is 360 g/mol. The molecule has 1 aliphatic rings.